The molecule has 0 amide bonds. The van der Waals surface area contributed by atoms with Crippen LogP contribution in [0.4, 0.5) is 0 Å². The maximum atomic E-state index is 11.6. The zero-order valence-electron chi connectivity index (χ0n) is 31.3. The molecule has 0 saturated carbocycles. The molecule has 0 aromatic carbocycles. The van der Waals surface area contributed by atoms with E-state index in [1.54, 1.807) is 0 Å². The Bertz CT molecular complexity index is 570. The van der Waals surface area contributed by atoms with E-state index in [1.807, 2.05) is 0 Å². The fraction of sp³-hybridized carbons (Fsp3) is 0.930. The lowest BCUT2D eigenvalue weighted by molar-refractivity contribution is -0.139. The van der Waals surface area contributed by atoms with Gasteiger partial charge in [0.1, 0.15) is 0 Å². The maximum Gasteiger partial charge on any atom is 0.330 e. The highest BCUT2D eigenvalue weighted by Gasteiger charge is 2.11. The van der Waals surface area contributed by atoms with Crippen LogP contribution in [0.1, 0.15) is 245 Å². The molecular weight excluding hydrogens is 548 g/mol. The van der Waals surface area contributed by atoms with Crippen molar-refractivity contribution in [2.24, 2.45) is 5.92 Å². The van der Waals surface area contributed by atoms with Gasteiger partial charge in [0.25, 0.3) is 0 Å². The van der Waals surface area contributed by atoms with Crippen LogP contribution >= 0.6 is 0 Å². The van der Waals surface area contributed by atoms with Gasteiger partial charge in [-0.3, -0.25) is 0 Å². The van der Waals surface area contributed by atoms with Gasteiger partial charge in [0.2, 0.25) is 0 Å². The third-order valence-corrected chi connectivity index (χ3v) is 10.1. The Balaban J connectivity index is 3.62. The lowest BCUT2D eigenvalue weighted by atomic mass is 9.94. The number of ether oxygens (including phenoxy) is 1. The monoisotopic (exact) mass is 633 g/mol. The van der Waals surface area contributed by atoms with E-state index in [9.17, 15) is 4.79 Å². The summed E-state index contributed by atoms with van der Waals surface area (Å²) in [6.45, 7) is 8.75. The molecule has 0 aromatic heterocycles. The van der Waals surface area contributed by atoms with Crippen molar-refractivity contribution < 1.29 is 9.53 Å². The van der Waals surface area contributed by atoms with Crippen molar-refractivity contribution >= 4 is 5.97 Å². The topological polar surface area (TPSA) is 26.3 Å². The van der Waals surface area contributed by atoms with Gasteiger partial charge < -0.3 is 4.74 Å². The third kappa shape index (κ3) is 37.5. The average molecular weight is 633 g/mol. The molecule has 0 bridgehead atoms. The second kappa shape index (κ2) is 39.4. The highest BCUT2D eigenvalue weighted by Crippen LogP contribution is 2.21. The number of hydrogen-bond donors (Lipinski definition) is 0. The summed E-state index contributed by atoms with van der Waals surface area (Å²) >= 11 is 0. The highest BCUT2D eigenvalue weighted by atomic mass is 16.5. The first-order chi connectivity index (χ1) is 22.2. The van der Waals surface area contributed by atoms with Crippen molar-refractivity contribution in [1.29, 1.82) is 0 Å². The van der Waals surface area contributed by atoms with Crippen molar-refractivity contribution in [3.63, 3.8) is 0 Å². The van der Waals surface area contributed by atoms with Crippen LogP contribution in [0.3, 0.4) is 0 Å². The largest absolute Gasteiger partial charge is 0.462 e. The Morgan fingerprint density at radius 3 is 0.867 bits per heavy atom. The highest BCUT2D eigenvalue weighted by molar-refractivity contribution is 5.81. The first-order valence-corrected chi connectivity index (χ1v) is 21.0. The number of esters is 1. The average Bonchev–Trinajstić information content (AvgIpc) is 3.05. The lowest BCUT2D eigenvalue weighted by Gasteiger charge is -2.16. The second-order valence-corrected chi connectivity index (χ2v) is 14.6. The molecule has 0 aromatic rings. The SMILES string of the molecule is C=CC(=O)OCC(CCCCCCCCCCCCCCCCCC)CCCCCCCCCCCCCCCCCCCC. The molecule has 2 nitrogen and oxygen atoms in total. The fourth-order valence-electron chi connectivity index (χ4n) is 6.89. The molecule has 0 aliphatic carbocycles. The van der Waals surface area contributed by atoms with Gasteiger partial charge in [-0.2, -0.15) is 0 Å². The van der Waals surface area contributed by atoms with E-state index < -0.39 is 0 Å². The first-order valence-electron chi connectivity index (χ1n) is 21.0. The van der Waals surface area contributed by atoms with Gasteiger partial charge in [-0.25, -0.2) is 4.79 Å². The summed E-state index contributed by atoms with van der Waals surface area (Å²) in [7, 11) is 0. The number of carbonyl (C=O) groups excluding carboxylic acids is 1. The Hall–Kier alpha value is -0.790. The summed E-state index contributed by atoms with van der Waals surface area (Å²) in [5.74, 6) is 0.270. The standard InChI is InChI=1S/C43H84O2/c1-4-7-9-11-13-15-17-19-21-23-24-26-28-30-32-34-36-38-40-42(41-45-43(44)6-3)39-37-35-33-31-29-27-25-22-20-18-16-14-12-10-8-5-2/h6,42H,3-5,7-41H2,1-2H3. The van der Waals surface area contributed by atoms with Gasteiger partial charge in [-0.05, 0) is 18.8 Å². The van der Waals surface area contributed by atoms with E-state index in [1.165, 1.54) is 237 Å². The van der Waals surface area contributed by atoms with Gasteiger partial charge in [-0.1, -0.05) is 239 Å². The van der Waals surface area contributed by atoms with E-state index in [-0.39, 0.29) is 5.97 Å². The minimum Gasteiger partial charge on any atom is -0.462 e. The molecule has 0 N–H and O–H groups in total. The molecule has 2 heteroatoms. The number of rotatable bonds is 39. The van der Waals surface area contributed by atoms with E-state index in [2.05, 4.69) is 20.4 Å². The summed E-state index contributed by atoms with van der Waals surface area (Å²) < 4.78 is 5.46. The van der Waals surface area contributed by atoms with Crippen LogP contribution < -0.4 is 0 Å². The third-order valence-electron chi connectivity index (χ3n) is 10.1. The van der Waals surface area contributed by atoms with Crippen molar-refractivity contribution in [2.45, 2.75) is 245 Å². The zero-order chi connectivity index (χ0) is 32.7. The van der Waals surface area contributed by atoms with Crippen molar-refractivity contribution in [2.75, 3.05) is 6.61 Å². The van der Waals surface area contributed by atoms with Crippen molar-refractivity contribution in [3.05, 3.63) is 12.7 Å². The number of carbonyl (C=O) groups is 1. The van der Waals surface area contributed by atoms with Crippen molar-refractivity contribution in [3.8, 4) is 0 Å². The lowest BCUT2D eigenvalue weighted by Crippen LogP contribution is -2.13. The summed E-state index contributed by atoms with van der Waals surface area (Å²) in [5.41, 5.74) is 0. The molecule has 45 heavy (non-hydrogen) atoms. The van der Waals surface area contributed by atoms with Crippen LogP contribution in [-0.4, -0.2) is 12.6 Å². The minimum absolute atomic E-state index is 0.259. The molecule has 0 heterocycles. The van der Waals surface area contributed by atoms with E-state index >= 15 is 0 Å². The van der Waals surface area contributed by atoms with Crippen LogP contribution in [0.25, 0.3) is 0 Å². The second-order valence-electron chi connectivity index (χ2n) is 14.6. The van der Waals surface area contributed by atoms with Crippen molar-refractivity contribution in [1.82, 2.24) is 0 Å². The Labute approximate surface area is 285 Å². The Morgan fingerprint density at radius 1 is 0.422 bits per heavy atom. The summed E-state index contributed by atoms with van der Waals surface area (Å²) in [6.07, 6.45) is 51.9. The molecule has 0 saturated heterocycles. The van der Waals surface area contributed by atoms with E-state index in [0.717, 1.165) is 0 Å². The molecule has 0 aliphatic heterocycles. The maximum absolute atomic E-state index is 11.6. The predicted molar refractivity (Wildman–Crippen MR) is 202 cm³/mol. The quantitative estimate of drug-likeness (QED) is 0.0383. The van der Waals surface area contributed by atoms with E-state index in [0.29, 0.717) is 12.5 Å². The van der Waals surface area contributed by atoms with Crippen LogP contribution in [0.5, 0.6) is 0 Å². The van der Waals surface area contributed by atoms with Crippen LogP contribution in [0.15, 0.2) is 12.7 Å². The Morgan fingerprint density at radius 2 is 0.644 bits per heavy atom. The van der Waals surface area contributed by atoms with Gasteiger partial charge in [0.15, 0.2) is 0 Å². The predicted octanol–water partition coefficient (Wildman–Crippen LogP) is 15.4. The van der Waals surface area contributed by atoms with Gasteiger partial charge in [0, 0.05) is 6.08 Å². The molecule has 0 aliphatic rings. The molecule has 0 radical (unpaired) electrons. The smallest absolute Gasteiger partial charge is 0.330 e. The summed E-state index contributed by atoms with van der Waals surface area (Å²) in [5, 5.41) is 0. The summed E-state index contributed by atoms with van der Waals surface area (Å²) in [6, 6.07) is 0. The zero-order valence-corrected chi connectivity index (χ0v) is 31.3. The molecular formula is C43H84O2. The minimum atomic E-state index is -0.259. The molecule has 1 atom stereocenters. The molecule has 0 spiro atoms. The van der Waals surface area contributed by atoms with E-state index in [4.69, 9.17) is 4.74 Å². The molecule has 0 rings (SSSR count). The van der Waals surface area contributed by atoms with Gasteiger partial charge >= 0.3 is 5.97 Å². The molecule has 0 fully saturated rings. The molecule has 1 unspecified atom stereocenters. The first kappa shape index (κ1) is 44.2. The van der Waals surface area contributed by atoms with Gasteiger partial charge in [-0.15, -0.1) is 0 Å². The fourth-order valence-corrected chi connectivity index (χ4v) is 6.89. The Kier molecular flexibility index (Phi) is 38.7. The van der Waals surface area contributed by atoms with Crippen LogP contribution in [0, 0.1) is 5.92 Å². The van der Waals surface area contributed by atoms with Crippen LogP contribution in [-0.2, 0) is 9.53 Å². The number of hydrogen-bond acceptors (Lipinski definition) is 2. The summed E-state index contributed by atoms with van der Waals surface area (Å²) in [4.78, 5) is 11.6. The molecule has 268 valence electrons. The number of unbranched alkanes of at least 4 members (excludes halogenated alkanes) is 32. The normalized spacial score (nSPS) is 12.0. The van der Waals surface area contributed by atoms with Crippen LogP contribution in [0.2, 0.25) is 0 Å². The van der Waals surface area contributed by atoms with Gasteiger partial charge in [0.05, 0.1) is 6.61 Å².